The smallest absolute Gasteiger partial charge is 0.0681 e. The molecular formula is C9H20N2O. The van der Waals surface area contributed by atoms with Crippen molar-refractivity contribution < 1.29 is 4.84 Å². The molecule has 72 valence electrons. The number of hydrogen-bond donors (Lipinski definition) is 1. The fraction of sp³-hybridized carbons (Fsp3) is 1.00. The maximum atomic E-state index is 4.99. The van der Waals surface area contributed by atoms with E-state index >= 15 is 0 Å². The van der Waals surface area contributed by atoms with Crippen molar-refractivity contribution in [3.63, 3.8) is 0 Å². The highest BCUT2D eigenvalue weighted by atomic mass is 16.6. The minimum absolute atomic E-state index is 0.719. The van der Waals surface area contributed by atoms with E-state index in [-0.39, 0.29) is 0 Å². The molecule has 0 aromatic rings. The summed E-state index contributed by atoms with van der Waals surface area (Å²) < 4.78 is 0. The van der Waals surface area contributed by atoms with Gasteiger partial charge in [0.25, 0.3) is 0 Å². The molecule has 0 amide bonds. The molecule has 12 heavy (non-hydrogen) atoms. The van der Waals surface area contributed by atoms with Gasteiger partial charge in [-0.3, -0.25) is 0 Å². The maximum Gasteiger partial charge on any atom is 0.0681 e. The Hall–Kier alpha value is -0.120. The lowest BCUT2D eigenvalue weighted by atomic mass is 9.94. The van der Waals surface area contributed by atoms with E-state index in [1.54, 1.807) is 0 Å². The highest BCUT2D eigenvalue weighted by Gasteiger charge is 2.17. The van der Waals surface area contributed by atoms with Gasteiger partial charge in [0.15, 0.2) is 0 Å². The standard InChI is InChI=1S/C9H20N2O/c1-2-11-6-3-9(4-7-11)5-8-12-10/h9H,2-8,10H2,1H3. The Balaban J connectivity index is 2.09. The van der Waals surface area contributed by atoms with Crippen molar-refractivity contribution in [2.45, 2.75) is 26.2 Å². The van der Waals surface area contributed by atoms with Crippen LogP contribution in [-0.2, 0) is 4.84 Å². The summed E-state index contributed by atoms with van der Waals surface area (Å²) in [5.41, 5.74) is 0. The normalized spacial score (nSPS) is 21.5. The number of piperidine rings is 1. The Bertz CT molecular complexity index is 111. The number of hydrogen-bond acceptors (Lipinski definition) is 3. The van der Waals surface area contributed by atoms with E-state index < -0.39 is 0 Å². The van der Waals surface area contributed by atoms with E-state index in [1.165, 1.54) is 32.5 Å². The van der Waals surface area contributed by atoms with Gasteiger partial charge in [-0.05, 0) is 44.8 Å². The Morgan fingerprint density at radius 1 is 1.42 bits per heavy atom. The van der Waals surface area contributed by atoms with Gasteiger partial charge in [0.2, 0.25) is 0 Å². The van der Waals surface area contributed by atoms with Gasteiger partial charge >= 0.3 is 0 Å². The van der Waals surface area contributed by atoms with Crippen LogP contribution < -0.4 is 5.90 Å². The largest absolute Gasteiger partial charge is 0.305 e. The monoisotopic (exact) mass is 172 g/mol. The van der Waals surface area contributed by atoms with E-state index in [0.29, 0.717) is 0 Å². The fourth-order valence-electron chi connectivity index (χ4n) is 1.83. The molecule has 0 bridgehead atoms. The average molecular weight is 172 g/mol. The highest BCUT2D eigenvalue weighted by molar-refractivity contribution is 4.70. The molecule has 0 radical (unpaired) electrons. The molecule has 0 saturated carbocycles. The Morgan fingerprint density at radius 2 is 2.08 bits per heavy atom. The van der Waals surface area contributed by atoms with Crippen molar-refractivity contribution in [3.05, 3.63) is 0 Å². The van der Waals surface area contributed by atoms with Crippen molar-refractivity contribution in [1.82, 2.24) is 4.90 Å². The number of likely N-dealkylation sites (tertiary alicyclic amines) is 1. The summed E-state index contributed by atoms with van der Waals surface area (Å²) >= 11 is 0. The van der Waals surface area contributed by atoms with Crippen LogP contribution in [0, 0.1) is 5.92 Å². The summed E-state index contributed by atoms with van der Waals surface area (Å²) in [5, 5.41) is 0. The van der Waals surface area contributed by atoms with Crippen LogP contribution >= 0.6 is 0 Å². The zero-order valence-electron chi connectivity index (χ0n) is 7.96. The van der Waals surface area contributed by atoms with E-state index in [4.69, 9.17) is 5.90 Å². The molecular weight excluding hydrogens is 152 g/mol. The fourth-order valence-corrected chi connectivity index (χ4v) is 1.83. The van der Waals surface area contributed by atoms with Crippen molar-refractivity contribution in [2.24, 2.45) is 11.8 Å². The molecule has 0 spiro atoms. The minimum Gasteiger partial charge on any atom is -0.305 e. The first kappa shape index (κ1) is 9.96. The lowest BCUT2D eigenvalue weighted by molar-refractivity contribution is 0.104. The van der Waals surface area contributed by atoms with Crippen LogP contribution in [0.25, 0.3) is 0 Å². The van der Waals surface area contributed by atoms with Crippen LogP contribution in [0.2, 0.25) is 0 Å². The van der Waals surface area contributed by atoms with Crippen molar-refractivity contribution in [3.8, 4) is 0 Å². The molecule has 0 aliphatic carbocycles. The molecule has 1 saturated heterocycles. The molecule has 3 heteroatoms. The van der Waals surface area contributed by atoms with Crippen LogP contribution in [0.15, 0.2) is 0 Å². The number of nitrogens with two attached hydrogens (primary N) is 1. The Labute approximate surface area is 74.8 Å². The first-order valence-electron chi connectivity index (χ1n) is 4.90. The summed E-state index contributed by atoms with van der Waals surface area (Å²) in [4.78, 5) is 7.08. The maximum absolute atomic E-state index is 4.99. The predicted molar refractivity (Wildman–Crippen MR) is 49.6 cm³/mol. The Kier molecular flexibility index (Phi) is 4.58. The third-order valence-corrected chi connectivity index (χ3v) is 2.80. The van der Waals surface area contributed by atoms with Crippen LogP contribution in [0.4, 0.5) is 0 Å². The molecule has 0 unspecified atom stereocenters. The van der Waals surface area contributed by atoms with Gasteiger partial charge < -0.3 is 9.74 Å². The van der Waals surface area contributed by atoms with E-state index in [1.807, 2.05) is 0 Å². The molecule has 0 aromatic carbocycles. The van der Waals surface area contributed by atoms with Gasteiger partial charge in [0.1, 0.15) is 0 Å². The molecule has 0 atom stereocenters. The second kappa shape index (κ2) is 5.51. The van der Waals surface area contributed by atoms with Gasteiger partial charge in [0.05, 0.1) is 6.61 Å². The van der Waals surface area contributed by atoms with Crippen molar-refractivity contribution in [2.75, 3.05) is 26.2 Å². The zero-order chi connectivity index (χ0) is 8.81. The van der Waals surface area contributed by atoms with E-state index in [0.717, 1.165) is 18.9 Å². The molecule has 1 aliphatic rings. The van der Waals surface area contributed by atoms with Gasteiger partial charge in [0, 0.05) is 0 Å². The van der Waals surface area contributed by atoms with Crippen molar-refractivity contribution in [1.29, 1.82) is 0 Å². The quantitative estimate of drug-likeness (QED) is 0.643. The zero-order valence-corrected chi connectivity index (χ0v) is 7.96. The van der Waals surface area contributed by atoms with E-state index in [2.05, 4.69) is 16.7 Å². The van der Waals surface area contributed by atoms with Crippen LogP contribution in [-0.4, -0.2) is 31.1 Å². The van der Waals surface area contributed by atoms with Crippen LogP contribution in [0.1, 0.15) is 26.2 Å². The van der Waals surface area contributed by atoms with Gasteiger partial charge in [-0.15, -0.1) is 0 Å². The SMILES string of the molecule is CCN1CCC(CCON)CC1. The topological polar surface area (TPSA) is 38.5 Å². The lowest BCUT2D eigenvalue weighted by Gasteiger charge is -2.30. The van der Waals surface area contributed by atoms with Gasteiger partial charge in [-0.1, -0.05) is 6.92 Å². The molecule has 3 nitrogen and oxygen atoms in total. The second-order valence-electron chi connectivity index (χ2n) is 3.54. The minimum atomic E-state index is 0.719. The van der Waals surface area contributed by atoms with Gasteiger partial charge in [-0.25, -0.2) is 5.90 Å². The molecule has 2 N–H and O–H groups in total. The molecule has 0 aromatic heterocycles. The van der Waals surface area contributed by atoms with Crippen LogP contribution in [0.3, 0.4) is 0 Å². The van der Waals surface area contributed by atoms with Gasteiger partial charge in [-0.2, -0.15) is 0 Å². The van der Waals surface area contributed by atoms with Crippen LogP contribution in [0.5, 0.6) is 0 Å². The molecule has 1 aliphatic heterocycles. The van der Waals surface area contributed by atoms with Crippen molar-refractivity contribution >= 4 is 0 Å². The predicted octanol–water partition coefficient (Wildman–Crippen LogP) is 0.999. The summed E-state index contributed by atoms with van der Waals surface area (Å²) in [6.07, 6.45) is 3.77. The van der Waals surface area contributed by atoms with E-state index in [9.17, 15) is 0 Å². The summed E-state index contributed by atoms with van der Waals surface area (Å²) in [6.45, 7) is 6.65. The number of rotatable bonds is 4. The molecule has 1 fully saturated rings. The first-order valence-corrected chi connectivity index (χ1v) is 4.90. The first-order chi connectivity index (χ1) is 5.86. The molecule has 1 rings (SSSR count). The highest BCUT2D eigenvalue weighted by Crippen LogP contribution is 2.19. The summed E-state index contributed by atoms with van der Waals surface area (Å²) in [7, 11) is 0. The Morgan fingerprint density at radius 3 is 2.58 bits per heavy atom. The average Bonchev–Trinajstić information content (AvgIpc) is 2.15. The molecule has 1 heterocycles. The lowest BCUT2D eigenvalue weighted by Crippen LogP contribution is -2.33. The summed E-state index contributed by atoms with van der Waals surface area (Å²) in [5.74, 6) is 5.83. The second-order valence-corrected chi connectivity index (χ2v) is 3.54. The third kappa shape index (κ3) is 3.09. The third-order valence-electron chi connectivity index (χ3n) is 2.80. The number of nitrogens with zero attached hydrogens (tertiary/aromatic N) is 1. The summed E-state index contributed by atoms with van der Waals surface area (Å²) in [6, 6.07) is 0.